The van der Waals surface area contributed by atoms with Gasteiger partial charge >= 0.3 is 12.0 Å². The van der Waals surface area contributed by atoms with Crippen LogP contribution in [0.15, 0.2) is 47.3 Å². The van der Waals surface area contributed by atoms with Crippen molar-refractivity contribution in [3.63, 3.8) is 0 Å². The maximum Gasteiger partial charge on any atom is 0.332 e. The number of hydrogen-bond acceptors (Lipinski definition) is 9. The van der Waals surface area contributed by atoms with E-state index in [1.807, 2.05) is 17.5 Å². The number of aliphatic imine (C=N–C) groups is 1. The molecule has 1 saturated carbocycles. The van der Waals surface area contributed by atoms with Crippen LogP contribution in [0, 0.1) is 5.92 Å². The first kappa shape index (κ1) is 30.7. The molecule has 0 unspecified atom stereocenters. The Morgan fingerprint density at radius 2 is 2.07 bits per heavy atom. The van der Waals surface area contributed by atoms with Crippen LogP contribution in [0.2, 0.25) is 5.02 Å². The van der Waals surface area contributed by atoms with Crippen LogP contribution in [0.25, 0.3) is 27.7 Å². The van der Waals surface area contributed by atoms with Gasteiger partial charge in [0.15, 0.2) is 0 Å². The molecule has 2 fully saturated rings. The van der Waals surface area contributed by atoms with Crippen molar-refractivity contribution in [3.05, 3.63) is 53.0 Å². The standard InChI is InChI=1S/C32H32ClN5O6S/c1-4-19-17-45-29(35-19)22-14-25(21-10-11-24(42-2)26(33)27(21)36-22)44-20-13-23-28(39)34-12-8-6-5-7-9-18-15-32(18,30(40)43-3)37-31(41)38(23)16-20/h4,7,9-12,14,17-18,20,23H,1,5-6,8,13,15-16H2,2-3H3,(H,37,41)/b9-7-,34-12+/t18-,20-,23-,32+/m0/s1. The SMILES string of the molecule is C=Cc1csc(-c2cc(O[C@H]3C[C@H]4C(=O)/N=C/CCC/C=C\[C@H]5C[C@@]5(C(=O)OC)NC(=O)N4C3)c3ccc(OC)c(Cl)c3n2)n1. The molecule has 0 radical (unpaired) electrons. The third-order valence-electron chi connectivity index (χ3n) is 8.30. The van der Waals surface area contributed by atoms with E-state index in [1.54, 1.807) is 30.5 Å². The van der Waals surface area contributed by atoms with Gasteiger partial charge in [-0.05, 0) is 43.9 Å². The number of nitrogens with zero attached hydrogens (tertiary/aromatic N) is 4. The summed E-state index contributed by atoms with van der Waals surface area (Å²) in [4.78, 5) is 54.8. The number of benzene rings is 1. The number of thiazole rings is 1. The molecule has 1 N–H and O–H groups in total. The number of carbonyl (C=O) groups is 3. The van der Waals surface area contributed by atoms with Crippen molar-refractivity contribution in [2.45, 2.75) is 49.8 Å². The molecule has 4 atom stereocenters. The molecule has 3 aliphatic rings. The first-order chi connectivity index (χ1) is 21.8. The Hall–Kier alpha value is -4.29. The van der Waals surface area contributed by atoms with Crippen molar-refractivity contribution in [2.75, 3.05) is 20.8 Å². The molecular formula is C32H32ClN5O6S. The van der Waals surface area contributed by atoms with Gasteiger partial charge in [-0.2, -0.15) is 0 Å². The summed E-state index contributed by atoms with van der Waals surface area (Å²) in [5, 5.41) is 6.34. The van der Waals surface area contributed by atoms with Gasteiger partial charge in [-0.1, -0.05) is 30.3 Å². The lowest BCUT2D eigenvalue weighted by molar-refractivity contribution is -0.144. The van der Waals surface area contributed by atoms with E-state index >= 15 is 0 Å². The third kappa shape index (κ3) is 5.91. The number of amides is 3. The van der Waals surface area contributed by atoms with Crippen LogP contribution in [0.5, 0.6) is 11.5 Å². The predicted octanol–water partition coefficient (Wildman–Crippen LogP) is 5.46. The Labute approximate surface area is 268 Å². The van der Waals surface area contributed by atoms with E-state index in [-0.39, 0.29) is 18.9 Å². The smallest absolute Gasteiger partial charge is 0.332 e. The summed E-state index contributed by atoms with van der Waals surface area (Å²) in [7, 11) is 2.83. The number of methoxy groups -OCH3 is 2. The second kappa shape index (κ2) is 12.6. The van der Waals surface area contributed by atoms with E-state index in [0.717, 1.165) is 12.8 Å². The van der Waals surface area contributed by atoms with Gasteiger partial charge in [0, 0.05) is 35.4 Å². The Morgan fingerprint density at radius 1 is 1.22 bits per heavy atom. The highest BCUT2D eigenvalue weighted by Crippen LogP contribution is 2.46. The topological polar surface area (TPSA) is 132 Å². The monoisotopic (exact) mass is 649 g/mol. The fourth-order valence-electron chi connectivity index (χ4n) is 5.81. The van der Waals surface area contributed by atoms with E-state index in [9.17, 15) is 14.4 Å². The number of carbonyl (C=O) groups excluding carboxylic acids is 3. The van der Waals surface area contributed by atoms with Crippen molar-refractivity contribution in [3.8, 4) is 22.2 Å². The zero-order valence-electron chi connectivity index (χ0n) is 24.8. The molecule has 13 heteroatoms. The van der Waals surface area contributed by atoms with E-state index in [1.165, 1.54) is 30.5 Å². The number of halogens is 1. The summed E-state index contributed by atoms with van der Waals surface area (Å²) in [5.74, 6) is -0.243. The summed E-state index contributed by atoms with van der Waals surface area (Å²) < 4.78 is 17.0. The Kier molecular flexibility index (Phi) is 8.61. The average Bonchev–Trinajstić information content (AvgIpc) is 3.34. The molecule has 45 heavy (non-hydrogen) atoms. The second-order valence-electron chi connectivity index (χ2n) is 11.1. The van der Waals surface area contributed by atoms with Crippen LogP contribution >= 0.6 is 22.9 Å². The van der Waals surface area contributed by atoms with Gasteiger partial charge in [-0.25, -0.2) is 24.5 Å². The normalized spacial score (nSPS) is 26.2. The van der Waals surface area contributed by atoms with Crippen molar-refractivity contribution in [1.82, 2.24) is 20.2 Å². The Bertz CT molecular complexity index is 1740. The quantitative estimate of drug-likeness (QED) is 0.275. The molecule has 0 bridgehead atoms. The number of pyridine rings is 1. The summed E-state index contributed by atoms with van der Waals surface area (Å²) in [5.41, 5.74) is 0.534. The van der Waals surface area contributed by atoms with Crippen LogP contribution in [0.1, 0.15) is 37.8 Å². The van der Waals surface area contributed by atoms with E-state index in [2.05, 4.69) is 21.9 Å². The Balaban J connectivity index is 1.34. The first-order valence-corrected chi connectivity index (χ1v) is 15.9. The van der Waals surface area contributed by atoms with Crippen LogP contribution in [-0.2, 0) is 14.3 Å². The van der Waals surface area contributed by atoms with Gasteiger partial charge in [0.1, 0.15) is 44.9 Å². The van der Waals surface area contributed by atoms with Crippen molar-refractivity contribution >= 4 is 64.0 Å². The van der Waals surface area contributed by atoms with E-state index in [0.29, 0.717) is 56.7 Å². The minimum atomic E-state index is -1.17. The van der Waals surface area contributed by atoms with Crippen molar-refractivity contribution in [1.29, 1.82) is 0 Å². The van der Waals surface area contributed by atoms with Crippen LogP contribution in [0.3, 0.4) is 0 Å². The highest BCUT2D eigenvalue weighted by Gasteiger charge is 2.62. The summed E-state index contributed by atoms with van der Waals surface area (Å²) in [6.45, 7) is 3.87. The lowest BCUT2D eigenvalue weighted by atomic mass is 10.1. The molecule has 1 aromatic carbocycles. The molecule has 3 amide bonds. The molecular weight excluding hydrogens is 618 g/mol. The number of urea groups is 1. The number of esters is 1. The second-order valence-corrected chi connectivity index (χ2v) is 12.4. The van der Waals surface area contributed by atoms with Gasteiger partial charge in [-0.15, -0.1) is 11.3 Å². The highest BCUT2D eigenvalue weighted by molar-refractivity contribution is 7.13. The van der Waals surface area contributed by atoms with Gasteiger partial charge in [0.2, 0.25) is 0 Å². The summed E-state index contributed by atoms with van der Waals surface area (Å²) in [6, 6.07) is 3.87. The van der Waals surface area contributed by atoms with Crippen LogP contribution in [0.4, 0.5) is 4.79 Å². The summed E-state index contributed by atoms with van der Waals surface area (Å²) in [6.07, 6.45) is 9.41. The van der Waals surface area contributed by atoms with Gasteiger partial charge in [0.05, 0.1) is 32.0 Å². The van der Waals surface area contributed by atoms with Gasteiger partial charge in [-0.3, -0.25) is 4.79 Å². The molecule has 234 valence electrons. The molecule has 4 heterocycles. The third-order valence-corrected chi connectivity index (χ3v) is 9.55. The van der Waals surface area contributed by atoms with E-state index < -0.39 is 35.6 Å². The molecule has 11 nitrogen and oxygen atoms in total. The van der Waals surface area contributed by atoms with Gasteiger partial charge < -0.3 is 24.4 Å². The molecule has 2 aliphatic heterocycles. The number of fused-ring (bicyclic) bond motifs is 3. The largest absolute Gasteiger partial charge is 0.495 e. The van der Waals surface area contributed by atoms with Crippen LogP contribution in [-0.4, -0.2) is 77.4 Å². The number of allylic oxidation sites excluding steroid dienone is 1. The minimum Gasteiger partial charge on any atom is -0.495 e. The lowest BCUT2D eigenvalue weighted by Gasteiger charge is -2.25. The molecule has 0 spiro atoms. The number of hydrogen-bond donors (Lipinski definition) is 1. The molecule has 1 saturated heterocycles. The number of ether oxygens (including phenoxy) is 3. The number of nitrogens with one attached hydrogen (secondary N) is 1. The van der Waals surface area contributed by atoms with Crippen LogP contribution < -0.4 is 14.8 Å². The fraction of sp³-hybridized carbons (Fsp3) is 0.375. The lowest BCUT2D eigenvalue weighted by Crippen LogP contribution is -2.53. The molecule has 3 aromatic rings. The molecule has 6 rings (SSSR count). The maximum atomic E-state index is 13.7. The molecule has 1 aliphatic carbocycles. The minimum absolute atomic E-state index is 0.0798. The summed E-state index contributed by atoms with van der Waals surface area (Å²) >= 11 is 8.11. The van der Waals surface area contributed by atoms with Crippen molar-refractivity contribution < 1.29 is 28.6 Å². The number of rotatable bonds is 6. The molecule has 2 aromatic heterocycles. The highest BCUT2D eigenvalue weighted by atomic mass is 35.5. The number of aromatic nitrogens is 2. The van der Waals surface area contributed by atoms with E-state index in [4.69, 9.17) is 30.8 Å². The average molecular weight is 650 g/mol. The fourth-order valence-corrected chi connectivity index (χ4v) is 6.86. The zero-order valence-corrected chi connectivity index (χ0v) is 26.4. The Morgan fingerprint density at radius 3 is 2.82 bits per heavy atom. The van der Waals surface area contributed by atoms with Gasteiger partial charge in [0.25, 0.3) is 5.91 Å². The first-order valence-electron chi connectivity index (χ1n) is 14.6. The van der Waals surface area contributed by atoms with Crippen molar-refractivity contribution in [2.24, 2.45) is 10.9 Å². The maximum absolute atomic E-state index is 13.7. The predicted molar refractivity (Wildman–Crippen MR) is 172 cm³/mol. The zero-order chi connectivity index (χ0) is 31.7.